The van der Waals surface area contributed by atoms with Gasteiger partial charge in [0.2, 0.25) is 0 Å². The Morgan fingerprint density at radius 1 is 0.862 bits per heavy atom. The van der Waals surface area contributed by atoms with Crippen molar-refractivity contribution in [1.82, 2.24) is 5.01 Å². The predicted molar refractivity (Wildman–Crippen MR) is 128 cm³/mol. The highest BCUT2D eigenvalue weighted by Crippen LogP contribution is 2.38. The quantitative estimate of drug-likeness (QED) is 0.419. The molecule has 0 saturated heterocycles. The molecule has 0 spiro atoms. The van der Waals surface area contributed by atoms with E-state index in [9.17, 15) is 0 Å². The Labute approximate surface area is 175 Å². The molecule has 29 heavy (non-hydrogen) atoms. The van der Waals surface area contributed by atoms with Crippen molar-refractivity contribution < 1.29 is 0 Å². The molecular weight excluding hydrogens is 352 g/mol. The number of anilines is 1. The zero-order valence-electron chi connectivity index (χ0n) is 17.2. The molecule has 0 radical (unpaired) electrons. The third kappa shape index (κ3) is 5.04. The molecule has 1 aliphatic rings. The number of rotatable bonds is 10. The Balaban J connectivity index is 1.84. The molecular formula is C27H30N2. The lowest BCUT2D eigenvalue weighted by Crippen LogP contribution is -2.39. The highest BCUT2D eigenvalue weighted by Gasteiger charge is 2.28. The number of allylic oxidation sites excluding steroid dienone is 6. The Morgan fingerprint density at radius 3 is 2.21 bits per heavy atom. The summed E-state index contributed by atoms with van der Waals surface area (Å²) < 4.78 is 0. The van der Waals surface area contributed by atoms with Crippen molar-refractivity contribution in [2.75, 3.05) is 18.1 Å². The first-order valence-corrected chi connectivity index (χ1v) is 10.1. The average molecular weight is 383 g/mol. The van der Waals surface area contributed by atoms with E-state index in [-0.39, 0.29) is 0 Å². The van der Waals surface area contributed by atoms with Crippen molar-refractivity contribution in [1.29, 1.82) is 0 Å². The highest BCUT2D eigenvalue weighted by molar-refractivity contribution is 5.96. The number of nitrogens with zero attached hydrogens (tertiary/aromatic N) is 2. The van der Waals surface area contributed by atoms with E-state index in [4.69, 9.17) is 0 Å². The summed E-state index contributed by atoms with van der Waals surface area (Å²) in [5, 5.41) is 7.47. The van der Waals surface area contributed by atoms with Crippen LogP contribution < -0.4 is 5.01 Å². The van der Waals surface area contributed by atoms with Gasteiger partial charge in [-0.3, -0.25) is 0 Å². The molecule has 0 unspecified atom stereocenters. The molecule has 2 aromatic rings. The molecule has 1 aliphatic heterocycles. The van der Waals surface area contributed by atoms with E-state index >= 15 is 0 Å². The monoisotopic (exact) mass is 382 g/mol. The standard InChI is InChI=1S/C27H30N2/c1-5-7-11-22(3)17-19-28-21-25-16-15-24-13-9-10-14-26(24)27(25)29(28)20-18-23(4)12-8-6-2/h5-16H,1-4,17-21H2. The molecule has 2 aromatic carbocycles. The molecule has 0 N–H and O–H groups in total. The highest BCUT2D eigenvalue weighted by atomic mass is 15.6. The summed E-state index contributed by atoms with van der Waals surface area (Å²) in [6.07, 6.45) is 13.4. The first kappa shape index (κ1) is 20.6. The van der Waals surface area contributed by atoms with E-state index in [1.54, 1.807) is 12.2 Å². The average Bonchev–Trinajstić information content (AvgIpc) is 3.11. The Kier molecular flexibility index (Phi) is 7.04. The maximum absolute atomic E-state index is 4.19. The summed E-state index contributed by atoms with van der Waals surface area (Å²) >= 11 is 0. The number of benzene rings is 2. The molecule has 0 aliphatic carbocycles. The minimum absolute atomic E-state index is 0.899. The lowest BCUT2D eigenvalue weighted by atomic mass is 10.0. The summed E-state index contributed by atoms with van der Waals surface area (Å²) in [4.78, 5) is 0. The Hall–Kier alpha value is -3.10. The van der Waals surface area contributed by atoms with Gasteiger partial charge in [-0.25, -0.2) is 5.01 Å². The zero-order chi connectivity index (χ0) is 20.6. The van der Waals surface area contributed by atoms with Crippen molar-refractivity contribution in [3.63, 3.8) is 0 Å². The van der Waals surface area contributed by atoms with E-state index < -0.39 is 0 Å². The molecule has 3 rings (SSSR count). The fourth-order valence-corrected chi connectivity index (χ4v) is 3.71. The molecule has 0 amide bonds. The molecule has 2 nitrogen and oxygen atoms in total. The van der Waals surface area contributed by atoms with E-state index in [0.29, 0.717) is 0 Å². The van der Waals surface area contributed by atoms with Crippen LogP contribution in [-0.2, 0) is 6.54 Å². The first-order chi connectivity index (χ1) is 14.1. The maximum atomic E-state index is 4.19. The molecule has 0 fully saturated rings. The van der Waals surface area contributed by atoms with Crippen LogP contribution in [0.2, 0.25) is 0 Å². The van der Waals surface area contributed by atoms with Gasteiger partial charge in [-0.05, 0) is 23.8 Å². The van der Waals surface area contributed by atoms with Gasteiger partial charge in [0.25, 0.3) is 0 Å². The van der Waals surface area contributed by atoms with Crippen LogP contribution in [0.25, 0.3) is 10.8 Å². The normalized spacial score (nSPS) is 14.0. The molecule has 0 bridgehead atoms. The fraction of sp³-hybridized carbons (Fsp3) is 0.185. The largest absolute Gasteiger partial charge is 0.304 e. The molecule has 148 valence electrons. The molecule has 1 heterocycles. The topological polar surface area (TPSA) is 6.48 Å². The summed E-state index contributed by atoms with van der Waals surface area (Å²) in [7, 11) is 0. The third-order valence-electron chi connectivity index (χ3n) is 5.21. The van der Waals surface area contributed by atoms with E-state index in [1.165, 1.54) is 22.0 Å². The summed E-state index contributed by atoms with van der Waals surface area (Å²) in [5.74, 6) is 0. The predicted octanol–water partition coefficient (Wildman–Crippen LogP) is 6.75. The van der Waals surface area contributed by atoms with Gasteiger partial charge in [0.05, 0.1) is 5.69 Å². The summed E-state index contributed by atoms with van der Waals surface area (Å²) in [6.45, 7) is 18.6. The van der Waals surface area contributed by atoms with Gasteiger partial charge < -0.3 is 5.01 Å². The Bertz CT molecular complexity index is 977. The maximum Gasteiger partial charge on any atom is 0.0646 e. The second-order valence-corrected chi connectivity index (χ2v) is 7.31. The zero-order valence-corrected chi connectivity index (χ0v) is 17.2. The number of hydrogen-bond donors (Lipinski definition) is 0. The van der Waals surface area contributed by atoms with Crippen molar-refractivity contribution >= 4 is 16.5 Å². The van der Waals surface area contributed by atoms with Crippen molar-refractivity contribution in [3.05, 3.63) is 116 Å². The summed E-state index contributed by atoms with van der Waals surface area (Å²) in [5.41, 5.74) is 4.93. The van der Waals surface area contributed by atoms with Crippen molar-refractivity contribution in [2.45, 2.75) is 19.4 Å². The van der Waals surface area contributed by atoms with Gasteiger partial charge in [0, 0.05) is 25.0 Å². The van der Waals surface area contributed by atoms with Gasteiger partial charge in [-0.1, -0.05) is 110 Å². The van der Waals surface area contributed by atoms with Crippen LogP contribution in [0, 0.1) is 0 Å². The van der Waals surface area contributed by atoms with Gasteiger partial charge in [0.15, 0.2) is 0 Å². The lowest BCUT2D eigenvalue weighted by molar-refractivity contribution is 0.267. The van der Waals surface area contributed by atoms with Crippen LogP contribution in [0.3, 0.4) is 0 Å². The molecule has 2 heteroatoms. The SMILES string of the molecule is C=CC=CC(=C)CCN1Cc2ccc3ccccc3c2N1CCC(=C)C=CC=C. The van der Waals surface area contributed by atoms with Gasteiger partial charge in [0.1, 0.15) is 0 Å². The molecule has 0 atom stereocenters. The van der Waals surface area contributed by atoms with Crippen LogP contribution in [0.1, 0.15) is 18.4 Å². The van der Waals surface area contributed by atoms with E-state index in [1.807, 2.05) is 24.3 Å². The van der Waals surface area contributed by atoms with Crippen molar-refractivity contribution in [2.24, 2.45) is 0 Å². The van der Waals surface area contributed by atoms with E-state index in [0.717, 1.165) is 43.6 Å². The van der Waals surface area contributed by atoms with Crippen LogP contribution in [0.15, 0.2) is 110 Å². The Morgan fingerprint density at radius 2 is 1.52 bits per heavy atom. The minimum Gasteiger partial charge on any atom is -0.304 e. The number of hydrogen-bond acceptors (Lipinski definition) is 2. The number of hydrazine groups is 1. The fourth-order valence-electron chi connectivity index (χ4n) is 3.71. The van der Waals surface area contributed by atoms with Crippen LogP contribution >= 0.6 is 0 Å². The van der Waals surface area contributed by atoms with E-state index in [2.05, 4.69) is 72.7 Å². The first-order valence-electron chi connectivity index (χ1n) is 10.1. The second kappa shape index (κ2) is 9.90. The van der Waals surface area contributed by atoms with Crippen LogP contribution in [0.5, 0.6) is 0 Å². The number of fused-ring (bicyclic) bond motifs is 3. The van der Waals surface area contributed by atoms with Gasteiger partial charge in [-0.15, -0.1) is 0 Å². The van der Waals surface area contributed by atoms with Crippen LogP contribution in [0.4, 0.5) is 5.69 Å². The van der Waals surface area contributed by atoms with Gasteiger partial charge >= 0.3 is 0 Å². The van der Waals surface area contributed by atoms with Crippen molar-refractivity contribution in [3.8, 4) is 0 Å². The van der Waals surface area contributed by atoms with Gasteiger partial charge in [-0.2, -0.15) is 0 Å². The minimum atomic E-state index is 0.899. The third-order valence-corrected chi connectivity index (χ3v) is 5.21. The molecule has 0 saturated carbocycles. The molecule has 0 aromatic heterocycles. The smallest absolute Gasteiger partial charge is 0.0646 e. The summed E-state index contributed by atoms with van der Waals surface area (Å²) in [6, 6.07) is 13.1. The lowest BCUT2D eigenvalue weighted by Gasteiger charge is -2.31. The second-order valence-electron chi connectivity index (χ2n) is 7.31. The van der Waals surface area contributed by atoms with Crippen LogP contribution in [-0.4, -0.2) is 18.1 Å².